The van der Waals surface area contributed by atoms with E-state index in [4.69, 9.17) is 5.11 Å². The van der Waals surface area contributed by atoms with Crippen molar-refractivity contribution in [3.63, 3.8) is 0 Å². The summed E-state index contributed by atoms with van der Waals surface area (Å²) in [4.78, 5) is 21.7. The van der Waals surface area contributed by atoms with E-state index in [2.05, 4.69) is 5.32 Å². The van der Waals surface area contributed by atoms with Crippen LogP contribution < -0.4 is 5.32 Å². The Balaban J connectivity index is 2.20. The van der Waals surface area contributed by atoms with Gasteiger partial charge >= 0.3 is 5.97 Å². The average Bonchev–Trinajstić information content (AvgIpc) is 2.86. The van der Waals surface area contributed by atoms with Gasteiger partial charge in [0.05, 0.1) is 11.0 Å². The fraction of sp³-hybridized carbons (Fsp3) is 0.833. The van der Waals surface area contributed by atoms with Gasteiger partial charge in [-0.1, -0.05) is 12.8 Å². The standard InChI is InChI=1S/C12H21NO5S/c14-11(13-8-3-6-12(15)16)7-9-19(17,18)10-4-1-2-5-10/h10H,1-9H2,(H,13,14)(H,15,16). The second-order valence-electron chi connectivity index (χ2n) is 4.87. The van der Waals surface area contributed by atoms with E-state index in [1.165, 1.54) is 0 Å². The zero-order valence-electron chi connectivity index (χ0n) is 10.9. The van der Waals surface area contributed by atoms with Crippen molar-refractivity contribution in [3.05, 3.63) is 0 Å². The minimum Gasteiger partial charge on any atom is -0.481 e. The maximum absolute atomic E-state index is 11.9. The van der Waals surface area contributed by atoms with Gasteiger partial charge in [0.2, 0.25) is 5.91 Å². The minimum atomic E-state index is -3.15. The van der Waals surface area contributed by atoms with Crippen LogP contribution >= 0.6 is 0 Å². The summed E-state index contributed by atoms with van der Waals surface area (Å²) < 4.78 is 23.8. The van der Waals surface area contributed by atoms with Crippen molar-refractivity contribution in [2.75, 3.05) is 12.3 Å². The van der Waals surface area contributed by atoms with E-state index >= 15 is 0 Å². The highest BCUT2D eigenvalue weighted by Gasteiger charge is 2.28. The quantitative estimate of drug-likeness (QED) is 0.642. The van der Waals surface area contributed by atoms with Gasteiger partial charge in [-0.15, -0.1) is 0 Å². The van der Waals surface area contributed by atoms with Crippen LogP contribution in [0, 0.1) is 0 Å². The lowest BCUT2D eigenvalue weighted by atomic mass is 10.3. The summed E-state index contributed by atoms with van der Waals surface area (Å²) in [6.07, 6.45) is 3.64. The molecule has 0 saturated heterocycles. The van der Waals surface area contributed by atoms with Gasteiger partial charge in [0, 0.05) is 19.4 Å². The summed E-state index contributed by atoms with van der Waals surface area (Å²) >= 11 is 0. The van der Waals surface area contributed by atoms with Crippen molar-refractivity contribution in [2.24, 2.45) is 0 Å². The molecule has 7 heteroatoms. The van der Waals surface area contributed by atoms with E-state index in [0.29, 0.717) is 19.3 Å². The maximum atomic E-state index is 11.9. The number of sulfone groups is 1. The third kappa shape index (κ3) is 6.04. The van der Waals surface area contributed by atoms with Crippen LogP contribution in [-0.4, -0.2) is 42.9 Å². The molecule has 0 unspecified atom stereocenters. The second-order valence-corrected chi connectivity index (χ2v) is 7.27. The van der Waals surface area contributed by atoms with Crippen molar-refractivity contribution in [1.82, 2.24) is 5.32 Å². The van der Waals surface area contributed by atoms with Crippen molar-refractivity contribution < 1.29 is 23.1 Å². The highest BCUT2D eigenvalue weighted by molar-refractivity contribution is 7.92. The SMILES string of the molecule is O=C(O)CCCNC(=O)CCS(=O)(=O)C1CCCC1. The Morgan fingerprint density at radius 1 is 1.16 bits per heavy atom. The van der Waals surface area contributed by atoms with Crippen LogP contribution in [0.3, 0.4) is 0 Å². The highest BCUT2D eigenvalue weighted by Crippen LogP contribution is 2.25. The van der Waals surface area contributed by atoms with E-state index in [1.54, 1.807) is 0 Å². The lowest BCUT2D eigenvalue weighted by Crippen LogP contribution is -2.29. The predicted octanol–water partition coefficient (Wildman–Crippen LogP) is 0.715. The highest BCUT2D eigenvalue weighted by atomic mass is 32.2. The molecule has 1 aliphatic carbocycles. The zero-order valence-corrected chi connectivity index (χ0v) is 11.7. The molecule has 0 aromatic carbocycles. The summed E-state index contributed by atoms with van der Waals surface area (Å²) in [5.74, 6) is -1.34. The molecule has 1 saturated carbocycles. The topological polar surface area (TPSA) is 101 Å². The third-order valence-corrected chi connectivity index (χ3v) is 5.57. The number of carbonyl (C=O) groups is 2. The molecule has 19 heavy (non-hydrogen) atoms. The number of amides is 1. The van der Waals surface area contributed by atoms with Crippen LogP contribution in [0.2, 0.25) is 0 Å². The van der Waals surface area contributed by atoms with Gasteiger partial charge < -0.3 is 10.4 Å². The molecule has 1 aliphatic rings. The van der Waals surface area contributed by atoms with Crippen LogP contribution in [0.4, 0.5) is 0 Å². The average molecular weight is 291 g/mol. The van der Waals surface area contributed by atoms with E-state index in [0.717, 1.165) is 12.8 Å². The third-order valence-electron chi connectivity index (χ3n) is 3.31. The molecular formula is C12H21NO5S. The molecule has 0 aliphatic heterocycles. The van der Waals surface area contributed by atoms with Gasteiger partial charge in [-0.25, -0.2) is 8.42 Å². The van der Waals surface area contributed by atoms with Crippen molar-refractivity contribution in [3.8, 4) is 0 Å². The Bertz CT molecular complexity index is 412. The first kappa shape index (κ1) is 15.9. The van der Waals surface area contributed by atoms with E-state index in [-0.39, 0.29) is 36.3 Å². The summed E-state index contributed by atoms with van der Waals surface area (Å²) in [6, 6.07) is 0. The van der Waals surface area contributed by atoms with Crippen molar-refractivity contribution in [1.29, 1.82) is 0 Å². The van der Waals surface area contributed by atoms with Crippen LogP contribution in [-0.2, 0) is 19.4 Å². The van der Waals surface area contributed by atoms with Crippen LogP contribution in [0.1, 0.15) is 44.9 Å². The number of carboxylic acid groups (broad SMARTS) is 1. The van der Waals surface area contributed by atoms with Crippen LogP contribution in [0.15, 0.2) is 0 Å². The number of carboxylic acids is 1. The number of hydrogen-bond donors (Lipinski definition) is 2. The Kier molecular flexibility index (Phi) is 6.27. The molecule has 0 spiro atoms. The molecule has 0 aromatic heterocycles. The normalized spacial score (nSPS) is 16.4. The Morgan fingerprint density at radius 2 is 1.79 bits per heavy atom. The summed E-state index contributed by atoms with van der Waals surface area (Å²) in [5, 5.41) is 10.7. The molecule has 1 rings (SSSR count). The van der Waals surface area contributed by atoms with Crippen LogP contribution in [0.5, 0.6) is 0 Å². The molecular weight excluding hydrogens is 270 g/mol. The van der Waals surface area contributed by atoms with Crippen LogP contribution in [0.25, 0.3) is 0 Å². The molecule has 0 bridgehead atoms. The van der Waals surface area contributed by atoms with Gasteiger partial charge in [0.15, 0.2) is 9.84 Å². The molecule has 6 nitrogen and oxygen atoms in total. The largest absolute Gasteiger partial charge is 0.481 e. The van der Waals surface area contributed by atoms with Gasteiger partial charge in [-0.2, -0.15) is 0 Å². The fourth-order valence-corrected chi connectivity index (χ4v) is 4.06. The molecule has 0 atom stereocenters. The van der Waals surface area contributed by atoms with E-state index in [1.807, 2.05) is 0 Å². The number of aliphatic carboxylic acids is 1. The van der Waals surface area contributed by atoms with Crippen molar-refractivity contribution >= 4 is 21.7 Å². The maximum Gasteiger partial charge on any atom is 0.303 e. The molecule has 2 N–H and O–H groups in total. The van der Waals surface area contributed by atoms with Gasteiger partial charge in [0.1, 0.15) is 0 Å². The number of carbonyl (C=O) groups excluding carboxylic acids is 1. The predicted molar refractivity (Wildman–Crippen MR) is 70.5 cm³/mol. The lowest BCUT2D eigenvalue weighted by Gasteiger charge is -2.10. The van der Waals surface area contributed by atoms with E-state index in [9.17, 15) is 18.0 Å². The summed E-state index contributed by atoms with van der Waals surface area (Å²) in [5.41, 5.74) is 0. The number of nitrogens with one attached hydrogen (secondary N) is 1. The van der Waals surface area contributed by atoms with E-state index < -0.39 is 15.8 Å². The zero-order chi connectivity index (χ0) is 14.3. The molecule has 1 fully saturated rings. The van der Waals surface area contributed by atoms with Crippen molar-refractivity contribution in [2.45, 2.75) is 50.2 Å². The Hall–Kier alpha value is -1.11. The lowest BCUT2D eigenvalue weighted by molar-refractivity contribution is -0.137. The first-order valence-corrected chi connectivity index (χ1v) is 8.33. The molecule has 0 heterocycles. The monoisotopic (exact) mass is 291 g/mol. The molecule has 0 radical (unpaired) electrons. The summed E-state index contributed by atoms with van der Waals surface area (Å²) in [7, 11) is -3.15. The van der Waals surface area contributed by atoms with Gasteiger partial charge in [0.25, 0.3) is 0 Å². The Labute approximate surface area is 113 Å². The smallest absolute Gasteiger partial charge is 0.303 e. The first-order chi connectivity index (χ1) is 8.92. The summed E-state index contributed by atoms with van der Waals surface area (Å²) in [6.45, 7) is 0.272. The molecule has 110 valence electrons. The first-order valence-electron chi connectivity index (χ1n) is 6.62. The number of hydrogen-bond acceptors (Lipinski definition) is 4. The van der Waals surface area contributed by atoms with Gasteiger partial charge in [-0.05, 0) is 19.3 Å². The molecule has 0 aromatic rings. The minimum absolute atomic E-state index is 0.000648. The Morgan fingerprint density at radius 3 is 2.37 bits per heavy atom. The number of rotatable bonds is 8. The fourth-order valence-electron chi connectivity index (χ4n) is 2.20. The molecule has 1 amide bonds. The van der Waals surface area contributed by atoms with Gasteiger partial charge in [-0.3, -0.25) is 9.59 Å². The second kappa shape index (κ2) is 7.47.